The number of aryl methyl sites for hydroxylation is 3. The van der Waals surface area contributed by atoms with Gasteiger partial charge in [0.15, 0.2) is 5.13 Å². The first kappa shape index (κ1) is 10.3. The fourth-order valence-electron chi connectivity index (χ4n) is 2.08. The summed E-state index contributed by atoms with van der Waals surface area (Å²) in [6.45, 7) is 2.95. The highest BCUT2D eigenvalue weighted by molar-refractivity contribution is 7.14. The van der Waals surface area contributed by atoms with Gasteiger partial charge in [0.1, 0.15) is 0 Å². The van der Waals surface area contributed by atoms with Crippen LogP contribution in [0.5, 0.6) is 0 Å². The van der Waals surface area contributed by atoms with Gasteiger partial charge in [-0.25, -0.2) is 4.98 Å². The second-order valence-electron chi connectivity index (χ2n) is 4.16. The number of nitrogens with zero attached hydrogens (tertiary/aromatic N) is 1. The summed E-state index contributed by atoms with van der Waals surface area (Å²) in [7, 11) is 0. The summed E-state index contributed by atoms with van der Waals surface area (Å²) in [6.07, 6.45) is 3.92. The van der Waals surface area contributed by atoms with Crippen LogP contribution in [0.3, 0.4) is 0 Å². The average Bonchev–Trinajstić information content (AvgIpc) is 2.89. The van der Waals surface area contributed by atoms with Crippen LogP contribution >= 0.6 is 22.7 Å². The Bertz CT molecular complexity index is 477. The van der Waals surface area contributed by atoms with Gasteiger partial charge in [0.25, 0.3) is 0 Å². The number of fused-ring (bicyclic) bond motifs is 1. The maximum Gasteiger partial charge on any atom is 0.183 e. The van der Waals surface area contributed by atoms with Crippen LogP contribution in [0.4, 0.5) is 5.13 Å². The van der Waals surface area contributed by atoms with Crippen molar-refractivity contribution in [2.24, 2.45) is 0 Å². The molecule has 16 heavy (non-hydrogen) atoms. The smallest absolute Gasteiger partial charge is 0.183 e. The summed E-state index contributed by atoms with van der Waals surface area (Å²) in [4.78, 5) is 7.45. The molecule has 0 amide bonds. The van der Waals surface area contributed by atoms with Gasteiger partial charge >= 0.3 is 0 Å². The summed E-state index contributed by atoms with van der Waals surface area (Å²) >= 11 is 3.64. The first-order valence-corrected chi connectivity index (χ1v) is 7.27. The Morgan fingerprint density at radius 3 is 3.12 bits per heavy atom. The molecule has 0 saturated heterocycles. The zero-order valence-electron chi connectivity index (χ0n) is 9.25. The van der Waals surface area contributed by atoms with Gasteiger partial charge in [0.2, 0.25) is 0 Å². The molecular weight excluding hydrogens is 236 g/mol. The number of thiophene rings is 1. The Morgan fingerprint density at radius 1 is 1.44 bits per heavy atom. The van der Waals surface area contributed by atoms with Gasteiger partial charge in [0.05, 0.1) is 12.2 Å². The molecular formula is C12H14N2S2. The fraction of sp³-hybridized carbons (Fsp3) is 0.417. The van der Waals surface area contributed by atoms with Crippen molar-refractivity contribution in [2.75, 3.05) is 5.32 Å². The predicted octanol–water partition coefficient (Wildman–Crippen LogP) is 3.61. The largest absolute Gasteiger partial charge is 0.357 e. The minimum Gasteiger partial charge on any atom is -0.357 e. The summed E-state index contributed by atoms with van der Waals surface area (Å²) in [5.74, 6) is 0. The summed E-state index contributed by atoms with van der Waals surface area (Å²) in [6, 6.07) is 2.36. The highest BCUT2D eigenvalue weighted by atomic mass is 32.1. The normalized spacial score (nSPS) is 14.1. The van der Waals surface area contributed by atoms with Gasteiger partial charge in [-0.15, -0.1) is 22.7 Å². The molecule has 4 heteroatoms. The van der Waals surface area contributed by atoms with E-state index in [4.69, 9.17) is 0 Å². The Kier molecular flexibility index (Phi) is 2.69. The summed E-state index contributed by atoms with van der Waals surface area (Å²) < 4.78 is 0. The van der Waals surface area contributed by atoms with Crippen LogP contribution in [0.25, 0.3) is 0 Å². The van der Waals surface area contributed by atoms with Crippen LogP contribution in [-0.4, -0.2) is 4.98 Å². The molecule has 0 aliphatic heterocycles. The first-order chi connectivity index (χ1) is 7.81. The monoisotopic (exact) mass is 250 g/mol. The topological polar surface area (TPSA) is 24.9 Å². The van der Waals surface area contributed by atoms with Crippen molar-refractivity contribution >= 4 is 27.8 Å². The maximum absolute atomic E-state index is 4.40. The molecule has 0 unspecified atom stereocenters. The Balaban J connectivity index is 1.66. The van der Waals surface area contributed by atoms with Gasteiger partial charge in [-0.3, -0.25) is 0 Å². The van der Waals surface area contributed by atoms with E-state index in [1.807, 2.05) is 18.3 Å². The van der Waals surface area contributed by atoms with Crippen molar-refractivity contribution < 1.29 is 0 Å². The minimum absolute atomic E-state index is 0.921. The van der Waals surface area contributed by atoms with Crippen molar-refractivity contribution in [1.82, 2.24) is 4.98 Å². The standard InChI is InChI=1S/C12H14N2S2/c1-8-7-15-12(14-8)13-6-10-5-9-3-2-4-11(9)16-10/h5,7H,2-4,6H2,1H3,(H,13,14). The number of aromatic nitrogens is 1. The molecule has 0 saturated carbocycles. The van der Waals surface area contributed by atoms with E-state index in [1.54, 1.807) is 21.8 Å². The van der Waals surface area contributed by atoms with E-state index in [0.717, 1.165) is 17.4 Å². The van der Waals surface area contributed by atoms with Gasteiger partial charge in [-0.05, 0) is 37.8 Å². The van der Waals surface area contributed by atoms with Gasteiger partial charge in [-0.2, -0.15) is 0 Å². The number of hydrogen-bond donors (Lipinski definition) is 1. The van der Waals surface area contributed by atoms with Crippen LogP contribution < -0.4 is 5.32 Å². The third kappa shape index (κ3) is 1.99. The molecule has 0 spiro atoms. The molecule has 0 fully saturated rings. The van der Waals surface area contributed by atoms with E-state index >= 15 is 0 Å². The highest BCUT2D eigenvalue weighted by Crippen LogP contribution is 2.31. The zero-order chi connectivity index (χ0) is 11.0. The Morgan fingerprint density at radius 2 is 2.38 bits per heavy atom. The SMILES string of the molecule is Cc1csc(NCc2cc3c(s2)CCC3)n1. The van der Waals surface area contributed by atoms with Gasteiger partial charge in [-0.1, -0.05) is 0 Å². The highest BCUT2D eigenvalue weighted by Gasteiger charge is 2.14. The summed E-state index contributed by atoms with van der Waals surface area (Å²) in [5.41, 5.74) is 2.68. The van der Waals surface area contributed by atoms with E-state index in [-0.39, 0.29) is 0 Å². The lowest BCUT2D eigenvalue weighted by Crippen LogP contribution is -1.96. The Labute approximate surface area is 103 Å². The van der Waals surface area contributed by atoms with E-state index in [2.05, 4.69) is 21.7 Å². The molecule has 84 valence electrons. The Hall–Kier alpha value is -0.870. The van der Waals surface area contributed by atoms with Crippen LogP contribution in [0, 0.1) is 6.92 Å². The van der Waals surface area contributed by atoms with E-state index in [0.29, 0.717) is 0 Å². The second kappa shape index (κ2) is 4.18. The second-order valence-corrected chi connectivity index (χ2v) is 6.24. The molecule has 0 atom stereocenters. The minimum atomic E-state index is 0.921. The first-order valence-electron chi connectivity index (χ1n) is 5.58. The average molecular weight is 250 g/mol. The van der Waals surface area contributed by atoms with Crippen molar-refractivity contribution in [1.29, 1.82) is 0 Å². The third-order valence-electron chi connectivity index (χ3n) is 2.83. The molecule has 0 radical (unpaired) electrons. The van der Waals surface area contributed by atoms with Crippen LogP contribution in [0.15, 0.2) is 11.4 Å². The number of rotatable bonds is 3. The molecule has 2 heterocycles. The quantitative estimate of drug-likeness (QED) is 0.900. The van der Waals surface area contributed by atoms with Crippen molar-refractivity contribution in [3.8, 4) is 0 Å². The van der Waals surface area contributed by atoms with E-state index < -0.39 is 0 Å². The van der Waals surface area contributed by atoms with E-state index in [9.17, 15) is 0 Å². The number of hydrogen-bond acceptors (Lipinski definition) is 4. The molecule has 2 aromatic rings. The molecule has 2 nitrogen and oxygen atoms in total. The van der Waals surface area contributed by atoms with Crippen LogP contribution in [-0.2, 0) is 19.4 Å². The molecule has 0 bridgehead atoms. The third-order valence-corrected chi connectivity index (χ3v) is 4.99. The zero-order valence-corrected chi connectivity index (χ0v) is 10.9. The molecule has 1 N–H and O–H groups in total. The lowest BCUT2D eigenvalue weighted by molar-refractivity contribution is 0.913. The van der Waals surface area contributed by atoms with Crippen LogP contribution in [0.1, 0.15) is 27.4 Å². The molecule has 1 aliphatic rings. The lowest BCUT2D eigenvalue weighted by Gasteiger charge is -1.99. The van der Waals surface area contributed by atoms with Crippen molar-refractivity contribution in [2.45, 2.75) is 32.7 Å². The number of nitrogens with one attached hydrogen (secondary N) is 1. The van der Waals surface area contributed by atoms with Crippen molar-refractivity contribution in [3.05, 3.63) is 32.5 Å². The lowest BCUT2D eigenvalue weighted by atomic mass is 10.2. The molecule has 2 aromatic heterocycles. The number of anilines is 1. The molecule has 3 rings (SSSR count). The van der Waals surface area contributed by atoms with Gasteiger partial charge < -0.3 is 5.32 Å². The molecule has 0 aromatic carbocycles. The number of thiazole rings is 1. The van der Waals surface area contributed by atoms with Crippen LogP contribution in [0.2, 0.25) is 0 Å². The van der Waals surface area contributed by atoms with E-state index in [1.165, 1.54) is 24.1 Å². The van der Waals surface area contributed by atoms with Crippen molar-refractivity contribution in [3.63, 3.8) is 0 Å². The maximum atomic E-state index is 4.40. The fourth-order valence-corrected chi connectivity index (χ4v) is 3.96. The summed E-state index contributed by atoms with van der Waals surface area (Å²) in [5, 5.41) is 6.50. The molecule has 1 aliphatic carbocycles. The predicted molar refractivity (Wildman–Crippen MR) is 70.5 cm³/mol. The van der Waals surface area contributed by atoms with Gasteiger partial charge in [0, 0.05) is 15.1 Å².